The van der Waals surface area contributed by atoms with Gasteiger partial charge in [0, 0.05) is 0 Å². The third-order valence-electron chi connectivity index (χ3n) is 2.57. The van der Waals surface area contributed by atoms with Gasteiger partial charge in [0.25, 0.3) is 0 Å². The monoisotopic (exact) mass is 181 g/mol. The molecular weight excluding hydrogens is 170 g/mol. The first-order chi connectivity index (χ1) is 6.29. The van der Waals surface area contributed by atoms with Gasteiger partial charge < -0.3 is 5.11 Å². The third-order valence-corrected chi connectivity index (χ3v) is 2.57. The van der Waals surface area contributed by atoms with Gasteiger partial charge in [-0.2, -0.15) is 5.10 Å². The molecule has 0 aromatic carbocycles. The summed E-state index contributed by atoms with van der Waals surface area (Å²) in [7, 11) is 0. The van der Waals surface area contributed by atoms with Crippen molar-refractivity contribution in [2.24, 2.45) is 5.92 Å². The molecule has 5 nitrogen and oxygen atoms in total. The summed E-state index contributed by atoms with van der Waals surface area (Å²) in [4.78, 5) is 14.7. The maximum atomic E-state index is 10.8. The summed E-state index contributed by atoms with van der Waals surface area (Å²) < 4.78 is 1.66. The van der Waals surface area contributed by atoms with Crippen LogP contribution in [0.3, 0.4) is 0 Å². The highest BCUT2D eigenvalue weighted by Gasteiger charge is 2.34. The zero-order valence-electron chi connectivity index (χ0n) is 7.13. The van der Waals surface area contributed by atoms with Gasteiger partial charge in [-0.1, -0.05) is 6.42 Å². The number of carboxylic acid groups (broad SMARTS) is 1. The Morgan fingerprint density at radius 3 is 3.00 bits per heavy atom. The van der Waals surface area contributed by atoms with E-state index in [-0.39, 0.29) is 12.0 Å². The molecule has 1 heterocycles. The smallest absolute Gasteiger partial charge is 0.308 e. The van der Waals surface area contributed by atoms with Crippen molar-refractivity contribution in [2.45, 2.75) is 25.3 Å². The van der Waals surface area contributed by atoms with Crippen LogP contribution < -0.4 is 0 Å². The maximum Gasteiger partial charge on any atom is 0.308 e. The van der Waals surface area contributed by atoms with Gasteiger partial charge >= 0.3 is 5.97 Å². The Morgan fingerprint density at radius 2 is 2.38 bits per heavy atom. The maximum absolute atomic E-state index is 10.8. The number of hydrogen-bond donors (Lipinski definition) is 1. The van der Waals surface area contributed by atoms with Crippen LogP contribution in [-0.4, -0.2) is 25.8 Å². The molecule has 0 radical (unpaired) electrons. The quantitative estimate of drug-likeness (QED) is 0.729. The van der Waals surface area contributed by atoms with E-state index >= 15 is 0 Å². The van der Waals surface area contributed by atoms with Gasteiger partial charge in [-0.3, -0.25) is 4.79 Å². The summed E-state index contributed by atoms with van der Waals surface area (Å²) in [5.41, 5.74) is 0. The fourth-order valence-corrected chi connectivity index (χ4v) is 1.93. The number of hydrogen-bond acceptors (Lipinski definition) is 3. The van der Waals surface area contributed by atoms with Gasteiger partial charge in [-0.25, -0.2) is 9.67 Å². The standard InChI is InChI=1S/C8H11N3O2/c12-8(13)6-2-1-3-7(6)11-5-9-4-10-11/h4-7H,1-3H2,(H,12,13). The van der Waals surface area contributed by atoms with Crippen molar-refractivity contribution < 1.29 is 9.90 Å². The lowest BCUT2D eigenvalue weighted by Gasteiger charge is -2.14. The molecule has 1 aliphatic rings. The normalized spacial score (nSPS) is 27.7. The number of aromatic nitrogens is 3. The number of aliphatic carboxylic acids is 1. The van der Waals surface area contributed by atoms with E-state index in [2.05, 4.69) is 10.1 Å². The van der Waals surface area contributed by atoms with E-state index in [1.54, 1.807) is 11.0 Å². The molecule has 2 unspecified atom stereocenters. The largest absolute Gasteiger partial charge is 0.481 e. The lowest BCUT2D eigenvalue weighted by atomic mass is 10.0. The summed E-state index contributed by atoms with van der Waals surface area (Å²) in [6.07, 6.45) is 5.63. The molecule has 70 valence electrons. The molecule has 1 aromatic heterocycles. The molecule has 13 heavy (non-hydrogen) atoms. The van der Waals surface area contributed by atoms with Crippen molar-refractivity contribution >= 4 is 5.97 Å². The summed E-state index contributed by atoms with van der Waals surface area (Å²) in [6.45, 7) is 0. The number of carboxylic acids is 1. The Bertz CT molecular complexity index is 296. The Balaban J connectivity index is 2.19. The minimum absolute atomic E-state index is 0.000000000000000444. The molecular formula is C8H11N3O2. The van der Waals surface area contributed by atoms with Crippen molar-refractivity contribution in [3.63, 3.8) is 0 Å². The summed E-state index contributed by atoms with van der Waals surface area (Å²) in [6, 6.07) is -0.000000000000000444. The molecule has 2 atom stereocenters. The molecule has 0 saturated heterocycles. The highest BCUT2D eigenvalue weighted by Crippen LogP contribution is 2.34. The molecule has 0 bridgehead atoms. The van der Waals surface area contributed by atoms with Crippen molar-refractivity contribution in [2.75, 3.05) is 0 Å². The Kier molecular flexibility index (Phi) is 2.00. The van der Waals surface area contributed by atoms with Crippen LogP contribution in [-0.2, 0) is 4.79 Å². The molecule has 1 aromatic rings. The molecule has 0 aliphatic heterocycles. The van der Waals surface area contributed by atoms with Gasteiger partial charge in [0.1, 0.15) is 12.7 Å². The highest BCUT2D eigenvalue weighted by molar-refractivity contribution is 5.71. The molecule has 0 amide bonds. The van der Waals surface area contributed by atoms with Crippen LogP contribution in [0, 0.1) is 5.92 Å². The van der Waals surface area contributed by atoms with E-state index in [1.807, 2.05) is 0 Å². The van der Waals surface area contributed by atoms with Crippen molar-refractivity contribution in [3.8, 4) is 0 Å². The molecule has 1 N–H and O–H groups in total. The second kappa shape index (κ2) is 3.16. The molecule has 1 aliphatic carbocycles. The average Bonchev–Trinajstić information content (AvgIpc) is 2.74. The van der Waals surface area contributed by atoms with E-state index in [1.165, 1.54) is 6.33 Å². The van der Waals surface area contributed by atoms with E-state index in [4.69, 9.17) is 5.11 Å². The predicted molar refractivity (Wildman–Crippen MR) is 44.0 cm³/mol. The van der Waals surface area contributed by atoms with Crippen LogP contribution in [0.25, 0.3) is 0 Å². The third kappa shape index (κ3) is 1.41. The predicted octanol–water partition coefficient (Wildman–Crippen LogP) is 0.704. The van der Waals surface area contributed by atoms with Crippen molar-refractivity contribution in [1.29, 1.82) is 0 Å². The van der Waals surface area contributed by atoms with E-state index < -0.39 is 5.97 Å². The van der Waals surface area contributed by atoms with Crippen LogP contribution in [0.4, 0.5) is 0 Å². The lowest BCUT2D eigenvalue weighted by Crippen LogP contribution is -2.21. The fourth-order valence-electron chi connectivity index (χ4n) is 1.93. The molecule has 0 spiro atoms. The van der Waals surface area contributed by atoms with Crippen molar-refractivity contribution in [3.05, 3.63) is 12.7 Å². The second-order valence-corrected chi connectivity index (χ2v) is 3.32. The minimum Gasteiger partial charge on any atom is -0.481 e. The number of rotatable bonds is 2. The SMILES string of the molecule is O=C(O)C1CCCC1n1cncn1. The van der Waals surface area contributed by atoms with Gasteiger partial charge in [-0.05, 0) is 12.8 Å². The Labute approximate surface area is 75.4 Å². The van der Waals surface area contributed by atoms with Crippen LogP contribution in [0.5, 0.6) is 0 Å². The van der Waals surface area contributed by atoms with E-state index in [9.17, 15) is 4.79 Å². The topological polar surface area (TPSA) is 68.0 Å². The number of carbonyl (C=O) groups is 1. The average molecular weight is 181 g/mol. The lowest BCUT2D eigenvalue weighted by molar-refractivity contribution is -0.142. The van der Waals surface area contributed by atoms with E-state index in [0.717, 1.165) is 19.3 Å². The fraction of sp³-hybridized carbons (Fsp3) is 0.625. The Hall–Kier alpha value is -1.39. The summed E-state index contributed by atoms with van der Waals surface area (Å²) >= 11 is 0. The minimum atomic E-state index is -0.724. The first-order valence-electron chi connectivity index (χ1n) is 4.36. The second-order valence-electron chi connectivity index (χ2n) is 3.32. The van der Waals surface area contributed by atoms with Gasteiger partial charge in [0.15, 0.2) is 0 Å². The molecule has 1 saturated carbocycles. The van der Waals surface area contributed by atoms with Gasteiger partial charge in [-0.15, -0.1) is 0 Å². The molecule has 2 rings (SSSR count). The van der Waals surface area contributed by atoms with E-state index in [0.29, 0.717) is 0 Å². The molecule has 5 heteroatoms. The summed E-state index contributed by atoms with van der Waals surface area (Å²) in [5.74, 6) is -1.01. The zero-order chi connectivity index (χ0) is 9.26. The van der Waals surface area contributed by atoms with Crippen LogP contribution >= 0.6 is 0 Å². The van der Waals surface area contributed by atoms with Crippen molar-refractivity contribution in [1.82, 2.24) is 14.8 Å². The van der Waals surface area contributed by atoms with Crippen LogP contribution in [0.1, 0.15) is 25.3 Å². The van der Waals surface area contributed by atoms with Gasteiger partial charge in [0.2, 0.25) is 0 Å². The zero-order valence-corrected chi connectivity index (χ0v) is 7.13. The highest BCUT2D eigenvalue weighted by atomic mass is 16.4. The first kappa shape index (κ1) is 8.22. The Morgan fingerprint density at radius 1 is 1.54 bits per heavy atom. The van der Waals surface area contributed by atoms with Crippen LogP contribution in [0.2, 0.25) is 0 Å². The number of nitrogens with zero attached hydrogens (tertiary/aromatic N) is 3. The summed E-state index contributed by atoms with van der Waals surface area (Å²) in [5, 5.41) is 12.9. The van der Waals surface area contributed by atoms with Gasteiger partial charge in [0.05, 0.1) is 12.0 Å². The van der Waals surface area contributed by atoms with Crippen LogP contribution in [0.15, 0.2) is 12.7 Å². The molecule has 1 fully saturated rings. The first-order valence-corrected chi connectivity index (χ1v) is 4.36.